The van der Waals surface area contributed by atoms with Gasteiger partial charge in [0, 0.05) is 54.5 Å². The number of anilines is 1. The number of benzene rings is 1. The maximum absolute atomic E-state index is 12.9. The Morgan fingerprint density at radius 3 is 2.71 bits per heavy atom. The number of rotatable bonds is 2. The standard InChI is InChI=1S/C18H17ClN4O/c19-13-4-5-16-14(11-13)15(12-21-16)18(24)23-9-7-22(8-10-23)17-3-1-2-6-20-17/h1-6,11-12,21H,7-10H2. The van der Waals surface area contributed by atoms with Crippen LogP contribution in [0.4, 0.5) is 5.82 Å². The van der Waals surface area contributed by atoms with Crippen LogP contribution in [0.1, 0.15) is 10.4 Å². The number of H-pyrrole nitrogens is 1. The van der Waals surface area contributed by atoms with E-state index in [1.54, 1.807) is 12.4 Å². The van der Waals surface area contributed by atoms with Crippen molar-refractivity contribution in [1.82, 2.24) is 14.9 Å². The van der Waals surface area contributed by atoms with E-state index < -0.39 is 0 Å². The molecule has 1 aliphatic rings. The number of aromatic nitrogens is 2. The Hall–Kier alpha value is -2.53. The van der Waals surface area contributed by atoms with Crippen LogP contribution in [-0.2, 0) is 0 Å². The molecule has 4 rings (SSSR count). The number of nitrogens with zero attached hydrogens (tertiary/aromatic N) is 3. The fourth-order valence-electron chi connectivity index (χ4n) is 3.12. The molecule has 0 saturated carbocycles. The zero-order valence-electron chi connectivity index (χ0n) is 13.1. The van der Waals surface area contributed by atoms with Gasteiger partial charge in [0.25, 0.3) is 5.91 Å². The predicted octanol–water partition coefficient (Wildman–Crippen LogP) is 3.18. The van der Waals surface area contributed by atoms with E-state index in [4.69, 9.17) is 11.6 Å². The van der Waals surface area contributed by atoms with Gasteiger partial charge < -0.3 is 14.8 Å². The van der Waals surface area contributed by atoms with Gasteiger partial charge in [-0.05, 0) is 30.3 Å². The Bertz CT molecular complexity index is 869. The average Bonchev–Trinajstić information content (AvgIpc) is 3.05. The van der Waals surface area contributed by atoms with Gasteiger partial charge in [-0.3, -0.25) is 4.79 Å². The number of halogens is 1. The summed E-state index contributed by atoms with van der Waals surface area (Å²) in [6.45, 7) is 2.93. The Labute approximate surface area is 144 Å². The highest BCUT2D eigenvalue weighted by molar-refractivity contribution is 6.31. The monoisotopic (exact) mass is 340 g/mol. The van der Waals surface area contributed by atoms with Gasteiger partial charge in [0.1, 0.15) is 5.82 Å². The molecule has 5 nitrogen and oxygen atoms in total. The summed E-state index contributed by atoms with van der Waals surface area (Å²) in [5.74, 6) is 1.01. The van der Waals surface area contributed by atoms with E-state index in [1.165, 1.54) is 0 Å². The van der Waals surface area contributed by atoms with Gasteiger partial charge in [0.2, 0.25) is 0 Å². The van der Waals surface area contributed by atoms with Gasteiger partial charge in [-0.2, -0.15) is 0 Å². The third kappa shape index (κ3) is 2.71. The molecule has 1 amide bonds. The van der Waals surface area contributed by atoms with Crippen molar-refractivity contribution in [2.45, 2.75) is 0 Å². The quantitative estimate of drug-likeness (QED) is 0.779. The van der Waals surface area contributed by atoms with Crippen LogP contribution in [0.25, 0.3) is 10.9 Å². The molecule has 122 valence electrons. The Morgan fingerprint density at radius 1 is 1.12 bits per heavy atom. The number of hydrogen-bond acceptors (Lipinski definition) is 3. The van der Waals surface area contributed by atoms with Gasteiger partial charge in [0.05, 0.1) is 5.56 Å². The fraction of sp³-hybridized carbons (Fsp3) is 0.222. The molecule has 24 heavy (non-hydrogen) atoms. The third-order valence-corrected chi connectivity index (χ3v) is 4.65. The van der Waals surface area contributed by atoms with Crippen molar-refractivity contribution in [1.29, 1.82) is 0 Å². The molecule has 3 aromatic rings. The number of fused-ring (bicyclic) bond motifs is 1. The van der Waals surface area contributed by atoms with Gasteiger partial charge >= 0.3 is 0 Å². The minimum absolute atomic E-state index is 0.0455. The van der Waals surface area contributed by atoms with Gasteiger partial charge in [-0.1, -0.05) is 17.7 Å². The van der Waals surface area contributed by atoms with E-state index in [1.807, 2.05) is 41.3 Å². The first kappa shape index (κ1) is 15.0. The van der Waals surface area contributed by atoms with E-state index in [0.717, 1.165) is 29.8 Å². The lowest BCUT2D eigenvalue weighted by Crippen LogP contribution is -2.49. The van der Waals surface area contributed by atoms with Crippen LogP contribution in [0.15, 0.2) is 48.8 Å². The normalized spacial score (nSPS) is 15.0. The molecule has 0 aliphatic carbocycles. The molecule has 0 bridgehead atoms. The number of piperazine rings is 1. The Balaban J connectivity index is 1.51. The second-order valence-corrected chi connectivity index (χ2v) is 6.30. The lowest BCUT2D eigenvalue weighted by molar-refractivity contribution is 0.0748. The molecule has 0 unspecified atom stereocenters. The summed E-state index contributed by atoms with van der Waals surface area (Å²) in [4.78, 5) is 24.5. The van der Waals surface area contributed by atoms with Crippen LogP contribution >= 0.6 is 11.6 Å². The molecule has 1 aromatic carbocycles. The molecule has 0 spiro atoms. The molecule has 1 N–H and O–H groups in total. The number of carbonyl (C=O) groups is 1. The molecular weight excluding hydrogens is 324 g/mol. The highest BCUT2D eigenvalue weighted by Gasteiger charge is 2.24. The molecule has 1 fully saturated rings. The van der Waals surface area contributed by atoms with Crippen LogP contribution < -0.4 is 4.90 Å². The van der Waals surface area contributed by atoms with Crippen molar-refractivity contribution >= 4 is 34.2 Å². The molecule has 2 aromatic heterocycles. The summed E-state index contributed by atoms with van der Waals surface area (Å²) in [6.07, 6.45) is 3.57. The van der Waals surface area contributed by atoms with Crippen LogP contribution in [0.3, 0.4) is 0 Å². The summed E-state index contributed by atoms with van der Waals surface area (Å²) in [6, 6.07) is 11.4. The number of carbonyl (C=O) groups excluding carboxylic acids is 1. The number of aromatic amines is 1. The zero-order chi connectivity index (χ0) is 16.5. The first-order chi connectivity index (χ1) is 11.7. The smallest absolute Gasteiger partial charge is 0.256 e. The topological polar surface area (TPSA) is 52.2 Å². The van der Waals surface area contributed by atoms with E-state index in [-0.39, 0.29) is 5.91 Å². The third-order valence-electron chi connectivity index (χ3n) is 4.41. The van der Waals surface area contributed by atoms with E-state index in [2.05, 4.69) is 14.9 Å². The maximum atomic E-state index is 12.9. The largest absolute Gasteiger partial charge is 0.360 e. The number of pyridine rings is 1. The summed E-state index contributed by atoms with van der Waals surface area (Å²) in [7, 11) is 0. The van der Waals surface area contributed by atoms with Crippen molar-refractivity contribution in [2.75, 3.05) is 31.1 Å². The lowest BCUT2D eigenvalue weighted by atomic mass is 10.1. The molecule has 3 heterocycles. The Morgan fingerprint density at radius 2 is 1.96 bits per heavy atom. The molecule has 6 heteroatoms. The maximum Gasteiger partial charge on any atom is 0.256 e. The zero-order valence-corrected chi connectivity index (χ0v) is 13.8. The molecule has 1 saturated heterocycles. The summed E-state index contributed by atoms with van der Waals surface area (Å²) in [5, 5.41) is 1.51. The SMILES string of the molecule is O=C(c1c[nH]c2ccc(Cl)cc12)N1CCN(c2ccccn2)CC1. The van der Waals surface area contributed by atoms with Crippen molar-refractivity contribution < 1.29 is 4.79 Å². The molecular formula is C18H17ClN4O. The number of hydrogen-bond donors (Lipinski definition) is 1. The highest BCUT2D eigenvalue weighted by Crippen LogP contribution is 2.24. The second-order valence-electron chi connectivity index (χ2n) is 5.86. The minimum atomic E-state index is 0.0455. The number of nitrogens with one attached hydrogen (secondary N) is 1. The van der Waals surface area contributed by atoms with Crippen molar-refractivity contribution in [3.8, 4) is 0 Å². The minimum Gasteiger partial charge on any atom is -0.360 e. The average molecular weight is 341 g/mol. The highest BCUT2D eigenvalue weighted by atomic mass is 35.5. The van der Waals surface area contributed by atoms with Gasteiger partial charge in [-0.25, -0.2) is 4.98 Å². The van der Waals surface area contributed by atoms with E-state index in [9.17, 15) is 4.79 Å². The number of amides is 1. The van der Waals surface area contributed by atoms with Crippen molar-refractivity contribution in [3.63, 3.8) is 0 Å². The predicted molar refractivity (Wildman–Crippen MR) is 95.7 cm³/mol. The fourth-order valence-corrected chi connectivity index (χ4v) is 3.29. The van der Waals surface area contributed by atoms with Gasteiger partial charge in [-0.15, -0.1) is 0 Å². The first-order valence-electron chi connectivity index (χ1n) is 7.94. The summed E-state index contributed by atoms with van der Waals surface area (Å²) >= 11 is 6.07. The van der Waals surface area contributed by atoms with Crippen molar-refractivity contribution in [2.24, 2.45) is 0 Å². The lowest BCUT2D eigenvalue weighted by Gasteiger charge is -2.35. The Kier molecular flexibility index (Phi) is 3.86. The summed E-state index contributed by atoms with van der Waals surface area (Å²) in [5.41, 5.74) is 1.61. The first-order valence-corrected chi connectivity index (χ1v) is 8.32. The van der Waals surface area contributed by atoms with Crippen molar-refractivity contribution in [3.05, 3.63) is 59.4 Å². The van der Waals surface area contributed by atoms with Gasteiger partial charge in [0.15, 0.2) is 0 Å². The van der Waals surface area contributed by atoms with E-state index >= 15 is 0 Å². The summed E-state index contributed by atoms with van der Waals surface area (Å²) < 4.78 is 0. The van der Waals surface area contributed by atoms with E-state index in [0.29, 0.717) is 23.7 Å². The van der Waals surface area contributed by atoms with Crippen LogP contribution in [0.2, 0.25) is 5.02 Å². The van der Waals surface area contributed by atoms with Crippen LogP contribution in [0.5, 0.6) is 0 Å². The molecule has 1 aliphatic heterocycles. The van der Waals surface area contributed by atoms with Crippen LogP contribution in [0, 0.1) is 0 Å². The molecule has 0 atom stereocenters. The van der Waals surface area contributed by atoms with Crippen LogP contribution in [-0.4, -0.2) is 47.0 Å². The molecule has 0 radical (unpaired) electrons. The second kappa shape index (κ2) is 6.17.